The van der Waals surface area contributed by atoms with E-state index in [1.165, 1.54) is 36.5 Å². The molecule has 10 atom stereocenters. The maximum Gasteiger partial charge on any atom is 0.224 e. The number of hydrogen-bond donors (Lipinski definition) is 8. The zero-order valence-electron chi connectivity index (χ0n) is 23.5. The molecule has 2 aliphatic heterocycles. The van der Waals surface area contributed by atoms with Crippen molar-refractivity contribution in [2.24, 2.45) is 0 Å². The summed E-state index contributed by atoms with van der Waals surface area (Å²) >= 11 is 0. The van der Waals surface area contributed by atoms with E-state index in [4.69, 9.17) is 14.2 Å². The van der Waals surface area contributed by atoms with Crippen LogP contribution < -0.4 is 0 Å². The fourth-order valence-corrected chi connectivity index (χ4v) is 6.43. The monoisotopic (exact) mass is 582 g/mol. The Labute approximate surface area is 241 Å². The van der Waals surface area contributed by atoms with Crippen molar-refractivity contribution in [1.29, 1.82) is 0 Å². The van der Waals surface area contributed by atoms with E-state index in [-0.39, 0.29) is 12.8 Å². The third-order valence-corrected chi connectivity index (χ3v) is 8.40. The zero-order chi connectivity index (χ0) is 31.3. The lowest BCUT2D eigenvalue weighted by atomic mass is 9.52. The van der Waals surface area contributed by atoms with Crippen LogP contribution in [0.5, 0.6) is 0 Å². The van der Waals surface area contributed by atoms with E-state index < -0.39 is 97.3 Å². The molecular formula is C30H46O11. The summed E-state index contributed by atoms with van der Waals surface area (Å²) in [5, 5.41) is 91.2. The summed E-state index contributed by atoms with van der Waals surface area (Å²) in [6.45, 7) is 20.3. The molecular weight excluding hydrogens is 536 g/mol. The van der Waals surface area contributed by atoms with Crippen LogP contribution in [0.4, 0.5) is 0 Å². The molecule has 8 N–H and O–H groups in total. The highest BCUT2D eigenvalue weighted by Gasteiger charge is 2.82. The molecule has 0 aromatic heterocycles. The van der Waals surface area contributed by atoms with E-state index in [0.29, 0.717) is 0 Å². The Balaban J connectivity index is 3.13. The minimum atomic E-state index is -2.70. The van der Waals surface area contributed by atoms with Gasteiger partial charge in [-0.05, 0) is 25.7 Å². The molecule has 232 valence electrons. The van der Waals surface area contributed by atoms with Gasteiger partial charge in [0.25, 0.3) is 0 Å². The molecule has 0 spiro atoms. The van der Waals surface area contributed by atoms with Crippen molar-refractivity contribution < 1.29 is 55.1 Å². The molecule has 2 aliphatic rings. The van der Waals surface area contributed by atoms with Gasteiger partial charge in [-0.2, -0.15) is 0 Å². The van der Waals surface area contributed by atoms with Gasteiger partial charge in [0.2, 0.25) is 11.6 Å². The van der Waals surface area contributed by atoms with E-state index in [1.807, 2.05) is 0 Å². The molecule has 2 rings (SSSR count). The Morgan fingerprint density at radius 1 is 0.732 bits per heavy atom. The molecule has 2 saturated heterocycles. The zero-order valence-corrected chi connectivity index (χ0v) is 23.5. The van der Waals surface area contributed by atoms with Gasteiger partial charge in [-0.1, -0.05) is 36.5 Å². The number of hydrogen-bond acceptors (Lipinski definition) is 11. The number of rotatable bonds is 17. The average Bonchev–Trinajstić information content (AvgIpc) is 3.17. The van der Waals surface area contributed by atoms with Crippen molar-refractivity contribution in [3.05, 3.63) is 75.9 Å². The average molecular weight is 583 g/mol. The summed E-state index contributed by atoms with van der Waals surface area (Å²) in [6.07, 6.45) is -1.45. The molecule has 11 heteroatoms. The Morgan fingerprint density at radius 2 is 1.24 bits per heavy atom. The molecule has 0 aliphatic carbocycles. The van der Waals surface area contributed by atoms with Crippen LogP contribution in [-0.4, -0.2) is 112 Å². The van der Waals surface area contributed by atoms with Gasteiger partial charge in [0, 0.05) is 12.8 Å². The molecule has 0 bridgehead atoms. The molecule has 0 amide bonds. The summed E-state index contributed by atoms with van der Waals surface area (Å²) < 4.78 is 18.5. The van der Waals surface area contributed by atoms with E-state index >= 15 is 0 Å². The molecule has 0 aromatic carbocycles. The number of aliphatic hydroxyl groups excluding tert-OH is 5. The van der Waals surface area contributed by atoms with Crippen LogP contribution >= 0.6 is 0 Å². The molecule has 0 aromatic rings. The molecule has 2 unspecified atom stereocenters. The van der Waals surface area contributed by atoms with Crippen LogP contribution in [0.25, 0.3) is 0 Å². The van der Waals surface area contributed by atoms with Crippen molar-refractivity contribution in [1.82, 2.24) is 0 Å². The van der Waals surface area contributed by atoms with E-state index in [9.17, 15) is 40.9 Å². The van der Waals surface area contributed by atoms with Gasteiger partial charge < -0.3 is 55.1 Å². The van der Waals surface area contributed by atoms with E-state index in [1.54, 1.807) is 0 Å². The summed E-state index contributed by atoms with van der Waals surface area (Å²) in [5.41, 5.74) is -10.1. The molecule has 0 radical (unpaired) electrons. The topological polar surface area (TPSA) is 190 Å². The summed E-state index contributed by atoms with van der Waals surface area (Å²) in [7, 11) is 0. The van der Waals surface area contributed by atoms with Crippen molar-refractivity contribution >= 4 is 0 Å². The summed E-state index contributed by atoms with van der Waals surface area (Å²) in [6, 6.07) is 0. The fraction of sp³-hybridized carbons (Fsp3) is 0.600. The maximum absolute atomic E-state index is 12.7. The molecule has 0 saturated carbocycles. The van der Waals surface area contributed by atoms with Gasteiger partial charge in [0.05, 0.1) is 12.7 Å². The summed E-state index contributed by atoms with van der Waals surface area (Å²) in [4.78, 5) is 0. The van der Waals surface area contributed by atoms with Crippen LogP contribution in [0.2, 0.25) is 0 Å². The van der Waals surface area contributed by atoms with Gasteiger partial charge in [0.15, 0.2) is 5.60 Å². The first-order chi connectivity index (χ1) is 19.2. The molecule has 41 heavy (non-hydrogen) atoms. The highest BCUT2D eigenvalue weighted by Crippen LogP contribution is 2.62. The first-order valence-electron chi connectivity index (χ1n) is 13.4. The Bertz CT molecular complexity index is 973. The second-order valence-corrected chi connectivity index (χ2v) is 10.7. The van der Waals surface area contributed by atoms with Crippen LogP contribution in [0.1, 0.15) is 38.5 Å². The predicted octanol–water partition coefficient (Wildman–Crippen LogP) is 0.281. The minimum absolute atomic E-state index is 0.170. The lowest BCUT2D eigenvalue weighted by Crippen LogP contribution is -2.89. The van der Waals surface area contributed by atoms with Crippen LogP contribution in [0, 0.1) is 0 Å². The van der Waals surface area contributed by atoms with Crippen molar-refractivity contribution in [2.75, 3.05) is 13.2 Å². The Hall–Kier alpha value is -2.00. The van der Waals surface area contributed by atoms with Crippen molar-refractivity contribution in [3.8, 4) is 0 Å². The predicted molar refractivity (Wildman–Crippen MR) is 151 cm³/mol. The van der Waals surface area contributed by atoms with Gasteiger partial charge in [-0.25, -0.2) is 0 Å². The van der Waals surface area contributed by atoms with Crippen molar-refractivity contribution in [2.45, 2.75) is 96.9 Å². The first-order valence-corrected chi connectivity index (χ1v) is 13.4. The highest BCUT2D eigenvalue weighted by molar-refractivity contribution is 5.32. The van der Waals surface area contributed by atoms with Crippen LogP contribution in [0.15, 0.2) is 75.9 Å². The Morgan fingerprint density at radius 3 is 1.68 bits per heavy atom. The Kier molecular flexibility index (Phi) is 11.3. The van der Waals surface area contributed by atoms with Gasteiger partial charge in [0.1, 0.15) is 41.7 Å². The lowest BCUT2D eigenvalue weighted by molar-refractivity contribution is -0.510. The molecule has 11 nitrogen and oxygen atoms in total. The highest BCUT2D eigenvalue weighted by atomic mass is 16.8. The molecule has 2 heterocycles. The molecule has 2 fully saturated rings. The smallest absolute Gasteiger partial charge is 0.224 e. The van der Waals surface area contributed by atoms with Gasteiger partial charge >= 0.3 is 0 Å². The number of aliphatic hydroxyl groups is 8. The third-order valence-electron chi connectivity index (χ3n) is 8.40. The van der Waals surface area contributed by atoms with Gasteiger partial charge in [-0.15, -0.1) is 39.5 Å². The maximum atomic E-state index is 12.7. The second-order valence-electron chi connectivity index (χ2n) is 10.7. The number of ether oxygens (including phenoxy) is 3. The van der Waals surface area contributed by atoms with E-state index in [2.05, 4.69) is 39.5 Å². The van der Waals surface area contributed by atoms with Crippen molar-refractivity contribution in [3.63, 3.8) is 0 Å². The minimum Gasteiger partial charge on any atom is -0.394 e. The van der Waals surface area contributed by atoms with Crippen LogP contribution in [0.3, 0.4) is 0 Å². The van der Waals surface area contributed by atoms with Crippen LogP contribution in [-0.2, 0) is 14.2 Å². The van der Waals surface area contributed by atoms with E-state index in [0.717, 1.165) is 0 Å². The standard InChI is InChI=1S/C30H46O11/c1-7-13-22(33)25(14-8-2)27(36,15-9-3)28(37,16-10-4)29(38,17-11-5)30(40-25,18-12-6)41-26(20-32)24(35)23(34)21(19-31)39-26/h7-12,21-24,31-38H,1-6,13-20H2/t21-,22?,23-,24+,25-,26?,27-,28+,29-,30+/m1/s1. The largest absolute Gasteiger partial charge is 0.394 e. The quantitative estimate of drug-likeness (QED) is 0.110. The fourth-order valence-electron chi connectivity index (χ4n) is 6.43. The second kappa shape index (κ2) is 13.1. The van der Waals surface area contributed by atoms with Gasteiger partial charge in [-0.3, -0.25) is 0 Å². The SMILES string of the molecule is C=CCC(O)[C@@]1(CC=C)O[C@@](CC=C)(OC2(CO)O[C@H](CO)[C@@H](O)[C@@H]2O)[C@@](O)(CC=C)[C@](O)(CC=C)[C@@]1(O)CC=C. The summed E-state index contributed by atoms with van der Waals surface area (Å²) in [5.74, 6) is -5.12. The lowest BCUT2D eigenvalue weighted by Gasteiger charge is -2.70. The third kappa shape index (κ3) is 5.02. The first kappa shape index (κ1) is 35.2. The normalized spacial score (nSPS) is 43.2.